The van der Waals surface area contributed by atoms with Crippen molar-refractivity contribution < 1.29 is 5.11 Å². The van der Waals surface area contributed by atoms with Crippen LogP contribution in [0.25, 0.3) is 16.6 Å². The molecule has 0 radical (unpaired) electrons. The Morgan fingerprint density at radius 3 is 3.05 bits per heavy atom. The average molecular weight is 264 g/mol. The number of pyridine rings is 1. The Hall–Kier alpha value is -2.13. The zero-order valence-electron chi connectivity index (χ0n) is 11.2. The van der Waals surface area contributed by atoms with Crippen molar-refractivity contribution in [2.75, 3.05) is 0 Å². The van der Waals surface area contributed by atoms with Gasteiger partial charge in [0.2, 0.25) is 0 Å². The Labute approximate surface area is 117 Å². The molecule has 1 unspecified atom stereocenters. The third-order valence-electron chi connectivity index (χ3n) is 4.13. The summed E-state index contributed by atoms with van der Waals surface area (Å²) in [7, 11) is 0. The highest BCUT2D eigenvalue weighted by atomic mass is 16.3. The zero-order valence-corrected chi connectivity index (χ0v) is 11.2. The molecule has 2 aromatic heterocycles. The van der Waals surface area contributed by atoms with Crippen LogP contribution in [0.15, 0.2) is 48.8 Å². The van der Waals surface area contributed by atoms with Crippen molar-refractivity contribution in [3.8, 4) is 5.69 Å². The lowest BCUT2D eigenvalue weighted by molar-refractivity contribution is 0.156. The highest BCUT2D eigenvalue weighted by Gasteiger charge is 2.21. The van der Waals surface area contributed by atoms with Gasteiger partial charge in [-0.1, -0.05) is 18.2 Å². The first-order chi connectivity index (χ1) is 9.83. The second-order valence-electron chi connectivity index (χ2n) is 5.38. The highest BCUT2D eigenvalue weighted by molar-refractivity contribution is 5.80. The molecule has 0 aliphatic heterocycles. The van der Waals surface area contributed by atoms with Gasteiger partial charge in [-0.25, -0.2) is 0 Å². The summed E-state index contributed by atoms with van der Waals surface area (Å²) in [4.78, 5) is 4.52. The van der Waals surface area contributed by atoms with E-state index in [1.807, 2.05) is 36.7 Å². The summed E-state index contributed by atoms with van der Waals surface area (Å²) < 4.78 is 2.16. The van der Waals surface area contributed by atoms with Crippen molar-refractivity contribution in [3.05, 3.63) is 60.0 Å². The first-order valence-electron chi connectivity index (χ1n) is 7.06. The molecule has 3 nitrogen and oxygen atoms in total. The van der Waals surface area contributed by atoms with Crippen LogP contribution in [0.2, 0.25) is 0 Å². The Morgan fingerprint density at radius 2 is 2.10 bits per heavy atom. The molecule has 20 heavy (non-hydrogen) atoms. The van der Waals surface area contributed by atoms with Gasteiger partial charge in [0.25, 0.3) is 0 Å². The van der Waals surface area contributed by atoms with Crippen molar-refractivity contribution >= 4 is 10.9 Å². The number of benzene rings is 1. The third kappa shape index (κ3) is 1.74. The Kier molecular flexibility index (Phi) is 2.60. The number of aliphatic hydroxyl groups is 1. The zero-order chi connectivity index (χ0) is 13.5. The molecule has 0 fully saturated rings. The molecule has 0 spiro atoms. The molecule has 0 bridgehead atoms. The number of nitrogens with zero attached hydrogens (tertiary/aromatic N) is 2. The van der Waals surface area contributed by atoms with Crippen molar-refractivity contribution in [2.24, 2.45) is 0 Å². The number of aromatic nitrogens is 2. The number of aliphatic hydroxyl groups excluding tert-OH is 1. The first-order valence-corrected chi connectivity index (χ1v) is 7.06. The Morgan fingerprint density at radius 1 is 1.20 bits per heavy atom. The van der Waals surface area contributed by atoms with Gasteiger partial charge in [0.15, 0.2) is 0 Å². The van der Waals surface area contributed by atoms with Crippen LogP contribution in [0.5, 0.6) is 0 Å². The summed E-state index contributed by atoms with van der Waals surface area (Å²) in [5, 5.41) is 11.2. The van der Waals surface area contributed by atoms with Crippen LogP contribution in [0.1, 0.15) is 30.2 Å². The summed E-state index contributed by atoms with van der Waals surface area (Å²) in [5.74, 6) is 0. The molecule has 1 aromatic carbocycles. The van der Waals surface area contributed by atoms with E-state index in [4.69, 9.17) is 0 Å². The van der Waals surface area contributed by atoms with Crippen LogP contribution in [-0.2, 0) is 6.42 Å². The molecule has 1 aliphatic rings. The van der Waals surface area contributed by atoms with E-state index >= 15 is 0 Å². The standard InChI is InChI=1S/C17H16N2O/c20-17-7-3-6-16-14(17)8-9-19(16)13-10-12-4-1-2-5-15(12)18-11-13/h1-2,4-5,8-11,17,20H,3,6-7H2. The maximum atomic E-state index is 10.1. The minimum Gasteiger partial charge on any atom is -0.388 e. The highest BCUT2D eigenvalue weighted by Crippen LogP contribution is 2.32. The van der Waals surface area contributed by atoms with Gasteiger partial charge in [-0.3, -0.25) is 4.98 Å². The fourth-order valence-electron chi connectivity index (χ4n) is 3.10. The average Bonchev–Trinajstić information content (AvgIpc) is 2.92. The topological polar surface area (TPSA) is 38.0 Å². The molecule has 1 aliphatic carbocycles. The van der Waals surface area contributed by atoms with Gasteiger partial charge in [-0.2, -0.15) is 0 Å². The fourth-order valence-corrected chi connectivity index (χ4v) is 3.10. The predicted octanol–water partition coefficient (Wildman–Crippen LogP) is 3.40. The molecule has 3 heteroatoms. The lowest BCUT2D eigenvalue weighted by atomic mass is 9.95. The molecule has 3 aromatic rings. The van der Waals surface area contributed by atoms with E-state index in [1.165, 1.54) is 5.69 Å². The van der Waals surface area contributed by atoms with Crippen LogP contribution >= 0.6 is 0 Å². The van der Waals surface area contributed by atoms with Gasteiger partial charge < -0.3 is 9.67 Å². The summed E-state index contributed by atoms with van der Waals surface area (Å²) >= 11 is 0. The van der Waals surface area contributed by atoms with Gasteiger partial charge in [0, 0.05) is 22.8 Å². The smallest absolute Gasteiger partial charge is 0.0807 e. The van der Waals surface area contributed by atoms with E-state index in [0.29, 0.717) is 0 Å². The second kappa shape index (κ2) is 4.46. The minimum absolute atomic E-state index is 0.312. The summed E-state index contributed by atoms with van der Waals surface area (Å²) in [6.45, 7) is 0. The maximum absolute atomic E-state index is 10.1. The lowest BCUT2D eigenvalue weighted by Crippen LogP contribution is -2.11. The number of hydrogen-bond acceptors (Lipinski definition) is 2. The van der Waals surface area contributed by atoms with Gasteiger partial charge in [0.1, 0.15) is 0 Å². The molecule has 4 rings (SSSR count). The van der Waals surface area contributed by atoms with Crippen LogP contribution in [0.4, 0.5) is 0 Å². The van der Waals surface area contributed by atoms with Gasteiger partial charge in [0.05, 0.1) is 23.5 Å². The molecule has 2 heterocycles. The lowest BCUT2D eigenvalue weighted by Gasteiger charge is -2.20. The monoisotopic (exact) mass is 264 g/mol. The van der Waals surface area contributed by atoms with E-state index < -0.39 is 0 Å². The van der Waals surface area contributed by atoms with Gasteiger partial charge >= 0.3 is 0 Å². The molecular formula is C17H16N2O. The predicted molar refractivity (Wildman–Crippen MR) is 79.0 cm³/mol. The second-order valence-corrected chi connectivity index (χ2v) is 5.38. The maximum Gasteiger partial charge on any atom is 0.0807 e. The van der Waals surface area contributed by atoms with Crippen LogP contribution in [0, 0.1) is 0 Å². The summed E-state index contributed by atoms with van der Waals surface area (Å²) in [5.41, 5.74) is 4.38. The van der Waals surface area contributed by atoms with Gasteiger partial charge in [-0.15, -0.1) is 0 Å². The number of hydrogen-bond donors (Lipinski definition) is 1. The Balaban J connectivity index is 1.87. The van der Waals surface area contributed by atoms with Crippen molar-refractivity contribution in [3.63, 3.8) is 0 Å². The van der Waals surface area contributed by atoms with E-state index in [0.717, 1.165) is 41.4 Å². The molecular weight excluding hydrogens is 248 g/mol. The molecule has 1 atom stereocenters. The van der Waals surface area contributed by atoms with Crippen molar-refractivity contribution in [2.45, 2.75) is 25.4 Å². The molecule has 1 N–H and O–H groups in total. The van der Waals surface area contributed by atoms with E-state index in [9.17, 15) is 5.11 Å². The van der Waals surface area contributed by atoms with E-state index in [2.05, 4.69) is 21.7 Å². The van der Waals surface area contributed by atoms with Crippen LogP contribution in [0.3, 0.4) is 0 Å². The quantitative estimate of drug-likeness (QED) is 0.731. The summed E-state index contributed by atoms with van der Waals surface area (Å²) in [6, 6.07) is 12.3. The third-order valence-corrected chi connectivity index (χ3v) is 4.13. The summed E-state index contributed by atoms with van der Waals surface area (Å²) in [6.07, 6.45) is 6.57. The van der Waals surface area contributed by atoms with Crippen molar-refractivity contribution in [1.82, 2.24) is 9.55 Å². The van der Waals surface area contributed by atoms with Crippen molar-refractivity contribution in [1.29, 1.82) is 0 Å². The largest absolute Gasteiger partial charge is 0.388 e. The number of rotatable bonds is 1. The number of para-hydroxylation sites is 1. The first kappa shape index (κ1) is 11.7. The Bertz CT molecular complexity index is 776. The molecule has 0 saturated heterocycles. The fraction of sp³-hybridized carbons (Fsp3) is 0.235. The number of fused-ring (bicyclic) bond motifs is 2. The normalized spacial score (nSPS) is 18.1. The van der Waals surface area contributed by atoms with Crippen LogP contribution in [-0.4, -0.2) is 14.7 Å². The van der Waals surface area contributed by atoms with Crippen LogP contribution < -0.4 is 0 Å². The molecule has 0 saturated carbocycles. The molecule has 0 amide bonds. The van der Waals surface area contributed by atoms with E-state index in [1.54, 1.807) is 0 Å². The SMILES string of the molecule is OC1CCCc2c1ccn2-c1cnc2ccccc2c1. The van der Waals surface area contributed by atoms with E-state index in [-0.39, 0.29) is 6.10 Å². The van der Waals surface area contributed by atoms with Gasteiger partial charge in [-0.05, 0) is 37.5 Å². The molecule has 100 valence electrons. The minimum atomic E-state index is -0.312.